The first-order valence-electron chi connectivity index (χ1n) is 19.6. The van der Waals surface area contributed by atoms with Crippen LogP contribution in [0.15, 0.2) is 95.9 Å². The summed E-state index contributed by atoms with van der Waals surface area (Å²) in [6.07, 6.45) is 7.39. The molecule has 18 heteroatoms. The van der Waals surface area contributed by atoms with E-state index in [1.165, 1.54) is 69.0 Å². The number of unbranched alkanes of at least 4 members (excludes halogenated alkanes) is 7. The molecule has 5 rings (SSSR count). The number of rotatable bonds is 22. The van der Waals surface area contributed by atoms with Crippen molar-refractivity contribution >= 4 is 57.0 Å². The highest BCUT2D eigenvalue weighted by molar-refractivity contribution is 7.80. The second-order valence-electron chi connectivity index (χ2n) is 13.9. The number of benzene rings is 4. The third-order valence-corrected chi connectivity index (χ3v) is 10.1. The molecule has 318 valence electrons. The van der Waals surface area contributed by atoms with Gasteiger partial charge in [-0.2, -0.15) is 9.78 Å². The van der Waals surface area contributed by atoms with Crippen LogP contribution < -0.4 is 25.1 Å². The molecule has 0 saturated carbocycles. The Morgan fingerprint density at radius 1 is 0.867 bits per heavy atom. The van der Waals surface area contributed by atoms with Gasteiger partial charge in [-0.05, 0) is 98.6 Å². The highest BCUT2D eigenvalue weighted by atomic mass is 32.2. The fourth-order valence-corrected chi connectivity index (χ4v) is 6.71. The number of phenolic OH excluding ortho intramolecular Hbond substituents is 1. The van der Waals surface area contributed by atoms with Gasteiger partial charge in [-0.25, -0.2) is 19.2 Å². The fraction of sp³-hybridized carbons (Fsp3) is 0.333. The van der Waals surface area contributed by atoms with E-state index in [-0.39, 0.29) is 40.5 Å². The van der Waals surface area contributed by atoms with Gasteiger partial charge in [-0.3, -0.25) is 20.3 Å². The van der Waals surface area contributed by atoms with E-state index < -0.39 is 40.2 Å². The number of fused-ring (bicyclic) bond motifs is 1. The predicted molar refractivity (Wildman–Crippen MR) is 224 cm³/mol. The van der Waals surface area contributed by atoms with E-state index in [0.29, 0.717) is 34.2 Å². The second kappa shape index (κ2) is 22.0. The first-order chi connectivity index (χ1) is 28.9. The van der Waals surface area contributed by atoms with Crippen molar-refractivity contribution in [3.05, 3.63) is 107 Å². The van der Waals surface area contributed by atoms with Crippen molar-refractivity contribution in [1.82, 2.24) is 15.2 Å². The summed E-state index contributed by atoms with van der Waals surface area (Å²) in [7, 11) is 0. The van der Waals surface area contributed by atoms with Gasteiger partial charge in [-0.1, -0.05) is 51.9 Å². The van der Waals surface area contributed by atoms with Crippen molar-refractivity contribution in [2.45, 2.75) is 88.7 Å². The van der Waals surface area contributed by atoms with Gasteiger partial charge in [0.1, 0.15) is 23.9 Å². The average molecular weight is 845 g/mol. The largest absolute Gasteiger partial charge is 0.508 e. The second-order valence-corrected chi connectivity index (χ2v) is 15.0. The number of nitrogens with zero attached hydrogens (tertiary/aromatic N) is 3. The third kappa shape index (κ3) is 13.0. The molecule has 3 atom stereocenters. The van der Waals surface area contributed by atoms with Crippen LogP contribution in [0.2, 0.25) is 0 Å². The Morgan fingerprint density at radius 2 is 1.50 bits per heavy atom. The summed E-state index contributed by atoms with van der Waals surface area (Å²) in [5.74, 6) is -0.555. The van der Waals surface area contributed by atoms with E-state index in [4.69, 9.17) is 13.7 Å². The standard InChI is InChI=1S/C42H48N6O11S/c1-3-4-5-6-7-8-9-10-11-38(58-33-19-21-34(22-20-33)59-60(56)35-23-17-32(50)18-24-35)40(51)43-29-12-14-30(15-13-29)44-45-42(53)47-37-25-16-31(48(54)55)26-36(37)39(46-47)41(52)57-27-28(2)49/h12-26,28,38,44,49-50H,3-11,27H2,1-2H3,(H,43,51)(H,45,53). The van der Waals surface area contributed by atoms with Gasteiger partial charge >= 0.3 is 12.0 Å². The maximum Gasteiger partial charge on any atom is 0.361 e. The number of nitrogens with one attached hydrogen (secondary N) is 3. The van der Waals surface area contributed by atoms with Crippen molar-refractivity contribution in [2.75, 3.05) is 17.3 Å². The summed E-state index contributed by atoms with van der Waals surface area (Å²) in [5.41, 5.74) is 5.51. The Bertz CT molecular complexity index is 2250. The zero-order valence-corrected chi connectivity index (χ0v) is 34.0. The maximum absolute atomic E-state index is 13.6. The lowest BCUT2D eigenvalue weighted by Gasteiger charge is -2.19. The molecule has 4 aromatic carbocycles. The van der Waals surface area contributed by atoms with Gasteiger partial charge in [0.2, 0.25) is 11.1 Å². The SMILES string of the molecule is CCCCCCCCCCC(Oc1ccc(OS(=O)c2ccc(O)cc2)cc1)C(=O)Nc1ccc(NNC(=O)n2nc(C(=O)OCC(C)O)c3cc([N+](=O)[O-])ccc32)cc1. The normalized spacial score (nSPS) is 12.5. The molecule has 0 radical (unpaired) electrons. The van der Waals surface area contributed by atoms with E-state index in [1.807, 2.05) is 0 Å². The number of aromatic nitrogens is 2. The Balaban J connectivity index is 1.21. The molecule has 5 aromatic rings. The molecule has 60 heavy (non-hydrogen) atoms. The van der Waals surface area contributed by atoms with Crippen LogP contribution in [0.1, 0.15) is 82.1 Å². The fourth-order valence-electron chi connectivity index (χ4n) is 5.97. The number of hydrogen-bond donors (Lipinski definition) is 5. The molecule has 0 spiro atoms. The number of phenols is 1. The molecule has 3 unspecified atom stereocenters. The molecule has 0 aliphatic carbocycles. The minimum atomic E-state index is -1.81. The predicted octanol–water partition coefficient (Wildman–Crippen LogP) is 7.79. The Labute approximate surface area is 348 Å². The van der Waals surface area contributed by atoms with E-state index in [0.717, 1.165) is 36.4 Å². The number of carbonyl (C=O) groups excluding carboxylic acids is 3. The number of nitro benzene ring substituents is 1. The summed E-state index contributed by atoms with van der Waals surface area (Å²) in [6.45, 7) is 3.24. The highest BCUT2D eigenvalue weighted by Crippen LogP contribution is 2.26. The number of hydrogen-bond acceptors (Lipinski definition) is 13. The first-order valence-corrected chi connectivity index (χ1v) is 20.6. The van der Waals surface area contributed by atoms with Crippen molar-refractivity contribution in [3.63, 3.8) is 0 Å². The number of esters is 1. The molecule has 1 heterocycles. The highest BCUT2D eigenvalue weighted by Gasteiger charge is 2.25. The number of aliphatic hydroxyl groups is 1. The minimum Gasteiger partial charge on any atom is -0.508 e. The topological polar surface area (TPSA) is 233 Å². The van der Waals surface area contributed by atoms with Gasteiger partial charge < -0.3 is 29.2 Å². The average Bonchev–Trinajstić information content (AvgIpc) is 3.63. The number of non-ortho nitro benzene ring substituents is 1. The van der Waals surface area contributed by atoms with Gasteiger partial charge in [0.05, 0.1) is 27.1 Å². The molecule has 5 N–H and O–H groups in total. The van der Waals surface area contributed by atoms with Crippen LogP contribution in [0.3, 0.4) is 0 Å². The molecule has 0 fully saturated rings. The van der Waals surface area contributed by atoms with Crippen LogP contribution in [-0.2, 0) is 20.6 Å². The summed E-state index contributed by atoms with van der Waals surface area (Å²) < 4.78 is 30.2. The third-order valence-electron chi connectivity index (χ3n) is 9.10. The first kappa shape index (κ1) is 44.6. The van der Waals surface area contributed by atoms with Crippen LogP contribution in [0.25, 0.3) is 10.9 Å². The minimum absolute atomic E-state index is 0.00502. The number of hydrazine groups is 1. The van der Waals surface area contributed by atoms with Gasteiger partial charge in [0.15, 0.2) is 11.8 Å². The Hall–Kier alpha value is -6.53. The summed E-state index contributed by atoms with van der Waals surface area (Å²) in [4.78, 5) is 50.7. The summed E-state index contributed by atoms with van der Waals surface area (Å²) >= 11 is -1.81. The maximum atomic E-state index is 13.6. The molecule has 0 bridgehead atoms. The van der Waals surface area contributed by atoms with Crippen LogP contribution in [-0.4, -0.2) is 65.8 Å². The number of aliphatic hydroxyl groups excluding tert-OH is 1. The Morgan fingerprint density at radius 3 is 2.15 bits per heavy atom. The van der Waals surface area contributed by atoms with Crippen molar-refractivity contribution in [1.29, 1.82) is 0 Å². The lowest BCUT2D eigenvalue weighted by atomic mass is 10.1. The monoisotopic (exact) mass is 844 g/mol. The molecule has 17 nitrogen and oxygen atoms in total. The molecular formula is C42H48N6O11S. The number of carbonyl (C=O) groups is 3. The number of aromatic hydroxyl groups is 1. The smallest absolute Gasteiger partial charge is 0.361 e. The molecule has 0 aliphatic rings. The van der Waals surface area contributed by atoms with Crippen LogP contribution in [0, 0.1) is 10.1 Å². The van der Waals surface area contributed by atoms with E-state index in [9.17, 15) is 38.9 Å². The van der Waals surface area contributed by atoms with Crippen LogP contribution in [0.4, 0.5) is 21.9 Å². The van der Waals surface area contributed by atoms with Gasteiger partial charge in [0, 0.05) is 23.2 Å². The quantitative estimate of drug-likeness (QED) is 0.0194. The number of ether oxygens (including phenoxy) is 2. The summed E-state index contributed by atoms with van der Waals surface area (Å²) in [6, 6.07) is 21.5. The molecule has 2 amide bonds. The summed E-state index contributed by atoms with van der Waals surface area (Å²) in [5, 5.41) is 37.4. The lowest BCUT2D eigenvalue weighted by Crippen LogP contribution is -2.34. The number of amides is 2. The van der Waals surface area contributed by atoms with E-state index >= 15 is 0 Å². The molecule has 1 aromatic heterocycles. The molecule has 0 saturated heterocycles. The lowest BCUT2D eigenvalue weighted by molar-refractivity contribution is -0.384. The number of anilines is 2. The van der Waals surface area contributed by atoms with E-state index in [2.05, 4.69) is 28.2 Å². The molecular weight excluding hydrogens is 797 g/mol. The van der Waals surface area contributed by atoms with Crippen molar-refractivity contribution < 1.29 is 47.4 Å². The Kier molecular flexibility index (Phi) is 16.3. The van der Waals surface area contributed by atoms with Gasteiger partial charge in [0.25, 0.3) is 11.6 Å². The van der Waals surface area contributed by atoms with Crippen molar-refractivity contribution in [3.8, 4) is 17.2 Å². The van der Waals surface area contributed by atoms with E-state index in [1.54, 1.807) is 48.5 Å². The zero-order chi connectivity index (χ0) is 43.0. The molecule has 0 aliphatic heterocycles. The zero-order valence-electron chi connectivity index (χ0n) is 33.2. The van der Waals surface area contributed by atoms with Crippen LogP contribution in [0.5, 0.6) is 17.2 Å². The van der Waals surface area contributed by atoms with Crippen molar-refractivity contribution in [2.24, 2.45) is 0 Å². The van der Waals surface area contributed by atoms with Crippen LogP contribution >= 0.6 is 0 Å². The van der Waals surface area contributed by atoms with Gasteiger partial charge in [-0.15, -0.1) is 0 Å². The number of nitro groups is 1.